The van der Waals surface area contributed by atoms with Crippen LogP contribution in [0.4, 0.5) is 0 Å². The van der Waals surface area contributed by atoms with Gasteiger partial charge < -0.3 is 0 Å². The summed E-state index contributed by atoms with van der Waals surface area (Å²) < 4.78 is 0. The molecule has 0 aliphatic rings. The number of ketones is 1. The number of carbonyl (C=O) groups is 1. The van der Waals surface area contributed by atoms with Crippen molar-refractivity contribution in [3.63, 3.8) is 0 Å². The molecule has 1 nitrogen and oxygen atoms in total. The second-order valence-corrected chi connectivity index (χ2v) is 5.76. The van der Waals surface area contributed by atoms with Crippen molar-refractivity contribution in [2.75, 3.05) is 0 Å². The van der Waals surface area contributed by atoms with E-state index in [4.69, 9.17) is 23.2 Å². The summed E-state index contributed by atoms with van der Waals surface area (Å²) in [6.07, 6.45) is 1.73. The fourth-order valence-corrected chi connectivity index (χ4v) is 2.32. The smallest absolute Gasteiger partial charge is 0.137 e. The van der Waals surface area contributed by atoms with E-state index in [1.807, 2.05) is 6.07 Å². The molecule has 0 fully saturated rings. The second kappa shape index (κ2) is 6.92. The normalized spacial score (nSPS) is 10.6. The van der Waals surface area contributed by atoms with Crippen molar-refractivity contribution in [2.45, 2.75) is 26.2 Å². The Labute approximate surface area is 129 Å². The van der Waals surface area contributed by atoms with Crippen molar-refractivity contribution in [3.05, 3.63) is 69.2 Å². The summed E-state index contributed by atoms with van der Waals surface area (Å²) in [6, 6.07) is 13.6. The van der Waals surface area contributed by atoms with Crippen molar-refractivity contribution in [3.8, 4) is 0 Å². The lowest BCUT2D eigenvalue weighted by Crippen LogP contribution is -2.04. The highest BCUT2D eigenvalue weighted by molar-refractivity contribution is 6.42. The van der Waals surface area contributed by atoms with E-state index in [2.05, 4.69) is 31.2 Å². The van der Waals surface area contributed by atoms with E-state index in [1.165, 1.54) is 11.1 Å². The molecule has 0 bridgehead atoms. The number of benzene rings is 2. The number of rotatable bonds is 5. The Kier molecular flexibility index (Phi) is 5.22. The molecule has 0 unspecified atom stereocenters. The Morgan fingerprint density at radius 2 is 1.60 bits per heavy atom. The largest absolute Gasteiger partial charge is 0.299 e. The minimum absolute atomic E-state index is 0.212. The molecule has 0 N–H and O–H groups in total. The van der Waals surface area contributed by atoms with Crippen molar-refractivity contribution >= 4 is 29.0 Å². The van der Waals surface area contributed by atoms with Gasteiger partial charge in [0, 0.05) is 12.8 Å². The van der Waals surface area contributed by atoms with Gasteiger partial charge in [-0.05, 0) is 36.6 Å². The van der Waals surface area contributed by atoms with Gasteiger partial charge in [0.1, 0.15) is 5.78 Å². The molecule has 0 radical (unpaired) electrons. The molecule has 0 spiro atoms. The predicted octanol–water partition coefficient (Wildman–Crippen LogP) is 5.05. The summed E-state index contributed by atoms with van der Waals surface area (Å²) in [5.41, 5.74) is 3.34. The molecule has 0 aliphatic heterocycles. The average Bonchev–Trinajstić information content (AvgIpc) is 2.42. The Morgan fingerprint density at radius 1 is 0.950 bits per heavy atom. The van der Waals surface area contributed by atoms with Gasteiger partial charge in [-0.25, -0.2) is 0 Å². The summed E-state index contributed by atoms with van der Waals surface area (Å²) in [5, 5.41) is 1.01. The molecule has 0 amide bonds. The van der Waals surface area contributed by atoms with Crippen molar-refractivity contribution < 1.29 is 4.79 Å². The lowest BCUT2D eigenvalue weighted by Gasteiger charge is -2.04. The van der Waals surface area contributed by atoms with Crippen LogP contribution in [-0.2, 0) is 17.6 Å². The number of hydrogen-bond acceptors (Lipinski definition) is 1. The first kappa shape index (κ1) is 15.1. The molecule has 0 saturated heterocycles. The summed E-state index contributed by atoms with van der Waals surface area (Å²) in [7, 11) is 0. The van der Waals surface area contributed by atoms with Gasteiger partial charge in [0.25, 0.3) is 0 Å². The van der Waals surface area contributed by atoms with Gasteiger partial charge in [-0.2, -0.15) is 0 Å². The van der Waals surface area contributed by atoms with Crippen LogP contribution in [-0.4, -0.2) is 5.78 Å². The maximum atomic E-state index is 12.0. The minimum Gasteiger partial charge on any atom is -0.299 e. The van der Waals surface area contributed by atoms with Crippen LogP contribution in [0.3, 0.4) is 0 Å². The van der Waals surface area contributed by atoms with Crippen LogP contribution >= 0.6 is 23.2 Å². The Balaban J connectivity index is 1.89. The highest BCUT2D eigenvalue weighted by Crippen LogP contribution is 2.23. The Morgan fingerprint density at radius 3 is 2.25 bits per heavy atom. The van der Waals surface area contributed by atoms with Gasteiger partial charge in [0.2, 0.25) is 0 Å². The first-order chi connectivity index (χ1) is 9.54. The number of aryl methyl sites for hydroxylation is 2. The summed E-state index contributed by atoms with van der Waals surface area (Å²) in [6.45, 7) is 2.05. The summed E-state index contributed by atoms with van der Waals surface area (Å²) >= 11 is 11.8. The van der Waals surface area contributed by atoms with Crippen LogP contribution in [0.25, 0.3) is 0 Å². The molecule has 104 valence electrons. The molecule has 0 atom stereocenters. The quantitative estimate of drug-likeness (QED) is 0.755. The monoisotopic (exact) mass is 306 g/mol. The minimum atomic E-state index is 0.212. The molecular formula is C17H16Cl2O. The number of Topliss-reactive ketones (excluding diaryl/α,β-unsaturated/α-hetero) is 1. The van der Waals surface area contributed by atoms with Gasteiger partial charge in [-0.15, -0.1) is 0 Å². The fraction of sp³-hybridized carbons (Fsp3) is 0.235. The van der Waals surface area contributed by atoms with E-state index in [-0.39, 0.29) is 5.78 Å². The molecule has 2 aromatic carbocycles. The summed E-state index contributed by atoms with van der Waals surface area (Å²) in [5.74, 6) is 0.212. The van der Waals surface area contributed by atoms with E-state index < -0.39 is 0 Å². The molecule has 20 heavy (non-hydrogen) atoms. The Bertz CT molecular complexity index is 603. The first-order valence-electron chi connectivity index (χ1n) is 6.56. The lowest BCUT2D eigenvalue weighted by atomic mass is 10.0. The predicted molar refractivity (Wildman–Crippen MR) is 84.7 cm³/mol. The molecule has 3 heteroatoms. The van der Waals surface area contributed by atoms with Gasteiger partial charge in [-0.3, -0.25) is 4.79 Å². The Hall–Kier alpha value is -1.31. The first-order valence-corrected chi connectivity index (χ1v) is 7.31. The molecular weight excluding hydrogens is 291 g/mol. The average molecular weight is 307 g/mol. The highest BCUT2D eigenvalue weighted by atomic mass is 35.5. The van der Waals surface area contributed by atoms with E-state index in [0.717, 1.165) is 12.0 Å². The standard InChI is InChI=1S/C17H16Cl2O/c1-12-2-4-13(5-3-12)6-8-15(20)10-14-7-9-16(18)17(19)11-14/h2-5,7,9,11H,6,8,10H2,1H3. The number of hydrogen-bond donors (Lipinski definition) is 0. The second-order valence-electron chi connectivity index (χ2n) is 4.95. The van der Waals surface area contributed by atoms with Crippen molar-refractivity contribution in [1.29, 1.82) is 0 Å². The zero-order chi connectivity index (χ0) is 14.5. The molecule has 0 aromatic heterocycles. The lowest BCUT2D eigenvalue weighted by molar-refractivity contribution is -0.118. The zero-order valence-corrected chi connectivity index (χ0v) is 12.8. The van der Waals surface area contributed by atoms with E-state index in [1.54, 1.807) is 12.1 Å². The highest BCUT2D eigenvalue weighted by Gasteiger charge is 2.06. The summed E-state index contributed by atoms with van der Waals surface area (Å²) in [4.78, 5) is 12.0. The third-order valence-electron chi connectivity index (χ3n) is 3.20. The number of halogens is 2. The van der Waals surface area contributed by atoms with Crippen molar-refractivity contribution in [2.24, 2.45) is 0 Å². The topological polar surface area (TPSA) is 17.1 Å². The van der Waals surface area contributed by atoms with Gasteiger partial charge in [-0.1, -0.05) is 59.1 Å². The van der Waals surface area contributed by atoms with Crippen LogP contribution < -0.4 is 0 Å². The molecule has 0 heterocycles. The van der Waals surface area contributed by atoms with Crippen LogP contribution in [0.1, 0.15) is 23.1 Å². The third kappa shape index (κ3) is 4.36. The molecule has 2 aromatic rings. The SMILES string of the molecule is Cc1ccc(CCC(=O)Cc2ccc(Cl)c(Cl)c2)cc1. The number of carbonyl (C=O) groups excluding carboxylic acids is 1. The van der Waals surface area contributed by atoms with Gasteiger partial charge >= 0.3 is 0 Å². The fourth-order valence-electron chi connectivity index (χ4n) is 2.00. The molecule has 2 rings (SSSR count). The zero-order valence-electron chi connectivity index (χ0n) is 11.3. The van der Waals surface area contributed by atoms with E-state index in [9.17, 15) is 4.79 Å². The van der Waals surface area contributed by atoms with E-state index in [0.29, 0.717) is 22.9 Å². The van der Waals surface area contributed by atoms with Crippen LogP contribution in [0.2, 0.25) is 10.0 Å². The van der Waals surface area contributed by atoms with Gasteiger partial charge in [0.15, 0.2) is 0 Å². The van der Waals surface area contributed by atoms with E-state index >= 15 is 0 Å². The molecule has 0 aliphatic carbocycles. The third-order valence-corrected chi connectivity index (χ3v) is 3.94. The van der Waals surface area contributed by atoms with Crippen LogP contribution in [0.15, 0.2) is 42.5 Å². The van der Waals surface area contributed by atoms with Crippen LogP contribution in [0, 0.1) is 6.92 Å². The van der Waals surface area contributed by atoms with Crippen LogP contribution in [0.5, 0.6) is 0 Å². The van der Waals surface area contributed by atoms with Gasteiger partial charge in [0.05, 0.1) is 10.0 Å². The van der Waals surface area contributed by atoms with Crippen molar-refractivity contribution in [1.82, 2.24) is 0 Å². The maximum Gasteiger partial charge on any atom is 0.137 e. The maximum absolute atomic E-state index is 12.0. The molecule has 0 saturated carbocycles.